The number of hydrogen-bond acceptors (Lipinski definition) is 4. The molecule has 4 nitrogen and oxygen atoms in total. The molecule has 0 aliphatic carbocycles. The molecule has 1 N–H and O–H groups in total. The highest BCUT2D eigenvalue weighted by Crippen LogP contribution is 2.30. The Balaban J connectivity index is 0.000000149. The Morgan fingerprint density at radius 3 is 1.51 bits per heavy atom. The van der Waals surface area contributed by atoms with Crippen molar-refractivity contribution in [3.05, 3.63) is 60.9 Å². The van der Waals surface area contributed by atoms with Crippen LogP contribution in [0.2, 0.25) is 0 Å². The summed E-state index contributed by atoms with van der Waals surface area (Å²) in [5, 5.41) is 3.41. The molecule has 2 aromatic carbocycles. The molecule has 4 heterocycles. The van der Waals surface area contributed by atoms with E-state index >= 15 is 0 Å². The predicted octanol–water partition coefficient (Wildman–Crippen LogP) is 8.18. The van der Waals surface area contributed by atoms with E-state index in [9.17, 15) is 0 Å². The SMILES string of the molecule is C1CCN(C2CCNCC2)C1.Cc1c(Br)cccc1Br.Cc1c(Br)cccc1N1CCC(N2CCCC2)CC1. The lowest BCUT2D eigenvalue weighted by atomic mass is 10.0. The molecule has 39 heavy (non-hydrogen) atoms. The van der Waals surface area contributed by atoms with Gasteiger partial charge in [0.25, 0.3) is 0 Å². The van der Waals surface area contributed by atoms with Crippen LogP contribution in [-0.2, 0) is 0 Å². The molecular formula is C32H47Br3N4. The molecule has 0 aromatic heterocycles. The van der Waals surface area contributed by atoms with Crippen molar-refractivity contribution in [2.24, 2.45) is 0 Å². The highest BCUT2D eigenvalue weighted by Gasteiger charge is 2.27. The van der Waals surface area contributed by atoms with Crippen LogP contribution in [-0.4, -0.2) is 74.2 Å². The Hall–Kier alpha value is -0.440. The first-order valence-electron chi connectivity index (χ1n) is 15.0. The molecule has 4 aliphatic rings. The lowest BCUT2D eigenvalue weighted by Crippen LogP contribution is -2.44. The second-order valence-electron chi connectivity index (χ2n) is 11.4. The van der Waals surface area contributed by atoms with E-state index in [-0.39, 0.29) is 0 Å². The highest BCUT2D eigenvalue weighted by molar-refractivity contribution is 9.11. The minimum absolute atomic E-state index is 0.839. The largest absolute Gasteiger partial charge is 0.371 e. The zero-order valence-corrected chi connectivity index (χ0v) is 28.7. The standard InChI is InChI=1S/C16H23BrN2.C9H18N2.C7H6Br2/c1-13-15(17)5-4-6-16(13)19-11-7-14(8-12-19)18-9-2-3-10-18;1-2-8-11(7-1)9-3-5-10-6-4-9;1-5-6(8)3-2-4-7(5)9/h4-6,14H,2-3,7-12H2,1H3;9-10H,1-8H2;2-4H,1H3. The number of benzene rings is 2. The van der Waals surface area contributed by atoms with Crippen LogP contribution in [0.4, 0.5) is 5.69 Å². The molecule has 4 fully saturated rings. The molecule has 7 heteroatoms. The van der Waals surface area contributed by atoms with Crippen LogP contribution in [0.1, 0.15) is 62.5 Å². The van der Waals surface area contributed by atoms with Gasteiger partial charge in [-0.05, 0) is 140 Å². The highest BCUT2D eigenvalue weighted by atomic mass is 79.9. The smallest absolute Gasteiger partial charge is 0.0407 e. The molecule has 0 bridgehead atoms. The Kier molecular flexibility index (Phi) is 13.1. The van der Waals surface area contributed by atoms with Gasteiger partial charge in [0.05, 0.1) is 0 Å². The molecular weight excluding hydrogens is 680 g/mol. The topological polar surface area (TPSA) is 21.8 Å². The summed E-state index contributed by atoms with van der Waals surface area (Å²) in [5.74, 6) is 0. The molecule has 0 amide bonds. The van der Waals surface area contributed by atoms with Crippen molar-refractivity contribution >= 4 is 53.5 Å². The van der Waals surface area contributed by atoms with Gasteiger partial charge in [-0.25, -0.2) is 0 Å². The first-order chi connectivity index (χ1) is 18.9. The van der Waals surface area contributed by atoms with Gasteiger partial charge in [0.1, 0.15) is 0 Å². The van der Waals surface area contributed by atoms with Gasteiger partial charge in [0, 0.05) is 44.3 Å². The van der Waals surface area contributed by atoms with E-state index < -0.39 is 0 Å². The Bertz CT molecular complexity index is 986. The van der Waals surface area contributed by atoms with Gasteiger partial charge in [-0.1, -0.05) is 59.9 Å². The predicted molar refractivity (Wildman–Crippen MR) is 178 cm³/mol. The van der Waals surface area contributed by atoms with Crippen LogP contribution in [0.5, 0.6) is 0 Å². The van der Waals surface area contributed by atoms with Crippen molar-refractivity contribution in [3.8, 4) is 0 Å². The van der Waals surface area contributed by atoms with E-state index in [4.69, 9.17) is 0 Å². The summed E-state index contributed by atoms with van der Waals surface area (Å²) in [6.07, 6.45) is 11.1. The average molecular weight is 727 g/mol. The molecule has 0 atom stereocenters. The van der Waals surface area contributed by atoms with E-state index in [1.807, 2.05) is 18.2 Å². The van der Waals surface area contributed by atoms with Crippen LogP contribution in [0, 0.1) is 13.8 Å². The van der Waals surface area contributed by atoms with E-state index in [0.29, 0.717) is 0 Å². The van der Waals surface area contributed by atoms with Crippen molar-refractivity contribution in [2.45, 2.75) is 77.3 Å². The molecule has 0 unspecified atom stereocenters. The third-order valence-electron chi connectivity index (χ3n) is 8.87. The second-order valence-corrected chi connectivity index (χ2v) is 14.0. The van der Waals surface area contributed by atoms with E-state index in [1.165, 1.54) is 125 Å². The zero-order chi connectivity index (χ0) is 27.6. The maximum atomic E-state index is 3.64. The lowest BCUT2D eigenvalue weighted by molar-refractivity contribution is 0.199. The molecule has 216 valence electrons. The van der Waals surface area contributed by atoms with E-state index in [2.05, 4.69) is 99.9 Å². The number of nitrogens with zero attached hydrogens (tertiary/aromatic N) is 3. The number of halogens is 3. The van der Waals surface area contributed by atoms with E-state index in [1.54, 1.807) is 0 Å². The molecule has 0 saturated carbocycles. The maximum Gasteiger partial charge on any atom is 0.0407 e. The second kappa shape index (κ2) is 16.3. The van der Waals surface area contributed by atoms with Gasteiger partial charge in [0.15, 0.2) is 0 Å². The van der Waals surface area contributed by atoms with Crippen molar-refractivity contribution in [1.29, 1.82) is 0 Å². The quantitative estimate of drug-likeness (QED) is 0.345. The molecule has 4 aliphatic heterocycles. The Labute approximate surface area is 262 Å². The average Bonchev–Trinajstić information content (AvgIpc) is 3.70. The monoisotopic (exact) mass is 724 g/mol. The summed E-state index contributed by atoms with van der Waals surface area (Å²) >= 11 is 10.5. The van der Waals surface area contributed by atoms with Gasteiger partial charge >= 0.3 is 0 Å². The van der Waals surface area contributed by atoms with E-state index in [0.717, 1.165) is 21.0 Å². The van der Waals surface area contributed by atoms with Crippen molar-refractivity contribution < 1.29 is 0 Å². The summed E-state index contributed by atoms with van der Waals surface area (Å²) in [5.41, 5.74) is 4.04. The molecule has 0 radical (unpaired) electrons. The summed E-state index contributed by atoms with van der Waals surface area (Å²) in [7, 11) is 0. The van der Waals surface area contributed by atoms with Gasteiger partial charge < -0.3 is 20.0 Å². The molecule has 4 saturated heterocycles. The third kappa shape index (κ3) is 9.27. The number of anilines is 1. The Morgan fingerprint density at radius 2 is 1.03 bits per heavy atom. The maximum absolute atomic E-state index is 3.64. The minimum atomic E-state index is 0.839. The molecule has 6 rings (SSSR count). The van der Waals surface area contributed by atoms with Gasteiger partial charge in [-0.3, -0.25) is 0 Å². The summed E-state index contributed by atoms with van der Waals surface area (Å²) in [6.45, 7) is 14.6. The normalized spacial score (nSPS) is 21.3. The number of rotatable bonds is 3. The van der Waals surface area contributed by atoms with Gasteiger partial charge in [0.2, 0.25) is 0 Å². The van der Waals surface area contributed by atoms with Crippen LogP contribution < -0.4 is 10.2 Å². The van der Waals surface area contributed by atoms with Crippen molar-refractivity contribution in [1.82, 2.24) is 15.1 Å². The Morgan fingerprint density at radius 1 is 0.590 bits per heavy atom. The van der Waals surface area contributed by atoms with Crippen molar-refractivity contribution in [2.75, 3.05) is 57.3 Å². The van der Waals surface area contributed by atoms with Crippen LogP contribution in [0.15, 0.2) is 49.8 Å². The molecule has 2 aromatic rings. The van der Waals surface area contributed by atoms with Crippen LogP contribution >= 0.6 is 47.8 Å². The lowest BCUT2D eigenvalue weighted by Gasteiger charge is -2.38. The minimum Gasteiger partial charge on any atom is -0.371 e. The fraction of sp³-hybridized carbons (Fsp3) is 0.625. The summed E-state index contributed by atoms with van der Waals surface area (Å²) in [6, 6.07) is 14.4. The number of likely N-dealkylation sites (tertiary alicyclic amines) is 2. The summed E-state index contributed by atoms with van der Waals surface area (Å²) < 4.78 is 3.53. The number of piperidine rings is 2. The van der Waals surface area contributed by atoms with Gasteiger partial charge in [-0.15, -0.1) is 0 Å². The van der Waals surface area contributed by atoms with Crippen molar-refractivity contribution in [3.63, 3.8) is 0 Å². The number of nitrogens with one attached hydrogen (secondary N) is 1. The number of hydrogen-bond donors (Lipinski definition) is 1. The first-order valence-corrected chi connectivity index (χ1v) is 17.4. The third-order valence-corrected chi connectivity index (χ3v) is 11.4. The zero-order valence-electron chi connectivity index (χ0n) is 23.9. The molecule has 0 spiro atoms. The van der Waals surface area contributed by atoms with Crippen LogP contribution in [0.25, 0.3) is 0 Å². The first kappa shape index (κ1) is 31.5. The fourth-order valence-corrected chi connectivity index (χ4v) is 7.73. The van der Waals surface area contributed by atoms with Crippen LogP contribution in [0.3, 0.4) is 0 Å². The fourth-order valence-electron chi connectivity index (χ4n) is 6.38. The van der Waals surface area contributed by atoms with Gasteiger partial charge in [-0.2, -0.15) is 0 Å². The summed E-state index contributed by atoms with van der Waals surface area (Å²) in [4.78, 5) is 7.96.